The van der Waals surface area contributed by atoms with Crippen LogP contribution in [0.2, 0.25) is 0 Å². The van der Waals surface area contributed by atoms with Gasteiger partial charge < -0.3 is 29.6 Å². The molecule has 4 fully saturated rings. The number of likely N-dealkylation sites (tertiary alicyclic amines) is 2. The van der Waals surface area contributed by atoms with E-state index in [4.69, 9.17) is 19.5 Å². The van der Waals surface area contributed by atoms with Gasteiger partial charge in [-0.1, -0.05) is 58.0 Å². The molecular formula is C51H56F2N6O6. The molecule has 12 nitrogen and oxygen atoms in total. The number of aromatic nitrogens is 2. The molecule has 5 unspecified atom stereocenters. The van der Waals surface area contributed by atoms with Crippen LogP contribution in [0.5, 0.6) is 0 Å². The van der Waals surface area contributed by atoms with Crippen LogP contribution in [-0.4, -0.2) is 88.2 Å². The van der Waals surface area contributed by atoms with Gasteiger partial charge in [0.2, 0.25) is 11.8 Å². The Balaban J connectivity index is 0.870. The average molecular weight is 887 g/mol. The Morgan fingerprint density at radius 1 is 0.877 bits per heavy atom. The fourth-order valence-corrected chi connectivity index (χ4v) is 11.5. The summed E-state index contributed by atoms with van der Waals surface area (Å²) in [5.41, 5.74) is 6.25. The maximum atomic E-state index is 16.7. The summed E-state index contributed by atoms with van der Waals surface area (Å²) in [6.07, 6.45) is 7.23. The van der Waals surface area contributed by atoms with Gasteiger partial charge >= 0.3 is 12.1 Å². The fraction of sp³-hybridized carbons (Fsp3) is 0.490. The van der Waals surface area contributed by atoms with E-state index in [1.54, 1.807) is 24.4 Å². The van der Waals surface area contributed by atoms with Crippen molar-refractivity contribution >= 4 is 35.3 Å². The number of H-pyrrole nitrogens is 1. The minimum Gasteiger partial charge on any atom is -0.469 e. The molecule has 10 rings (SSSR count). The third-order valence-corrected chi connectivity index (χ3v) is 15.3. The molecule has 1 spiro atoms. The molecule has 65 heavy (non-hydrogen) atoms. The Morgan fingerprint density at radius 3 is 2.25 bits per heavy atom. The van der Waals surface area contributed by atoms with Crippen LogP contribution in [0.3, 0.4) is 0 Å². The van der Waals surface area contributed by atoms with Crippen molar-refractivity contribution in [3.05, 3.63) is 83.3 Å². The van der Waals surface area contributed by atoms with Gasteiger partial charge in [-0.15, -0.1) is 0 Å². The SMILES string of the molecule is COC(=O)CC(C(=O)N1C2CCC(C2)C1C1=Nc2ccc(-c3ccc4c(c3)C(F)(F)c3cc(-c5cnc(C6CC7(CC7)CN6C(=O)[C@@H](NC(=O)OC)C(C)C)[nH]5)ccc3-4)cc2C1)C(C)C. The van der Waals surface area contributed by atoms with Gasteiger partial charge in [-0.2, -0.15) is 8.78 Å². The quantitative estimate of drug-likeness (QED) is 0.143. The number of fused-ring (bicyclic) bond motifs is 6. The first-order valence-electron chi connectivity index (χ1n) is 23.1. The smallest absolute Gasteiger partial charge is 0.407 e. The zero-order valence-corrected chi connectivity index (χ0v) is 37.8. The number of halogens is 2. The Kier molecular flexibility index (Phi) is 10.5. The zero-order valence-electron chi connectivity index (χ0n) is 37.8. The molecule has 2 bridgehead atoms. The number of nitrogens with zero attached hydrogens (tertiary/aromatic N) is 4. The maximum absolute atomic E-state index is 16.7. The number of aliphatic imine (C=N–C) groups is 1. The summed E-state index contributed by atoms with van der Waals surface area (Å²) in [7, 11) is 2.62. The number of hydrogen-bond acceptors (Lipinski definition) is 8. The summed E-state index contributed by atoms with van der Waals surface area (Å²) < 4.78 is 43.1. The molecule has 3 aromatic carbocycles. The Bertz CT molecular complexity index is 2650. The maximum Gasteiger partial charge on any atom is 0.407 e. The molecule has 2 N–H and O–H groups in total. The lowest BCUT2D eigenvalue weighted by Gasteiger charge is -2.38. The van der Waals surface area contributed by atoms with E-state index >= 15 is 8.78 Å². The molecule has 3 amide bonds. The highest BCUT2D eigenvalue weighted by atomic mass is 19.3. The Labute approximate surface area is 377 Å². The molecule has 340 valence electrons. The predicted molar refractivity (Wildman–Crippen MR) is 240 cm³/mol. The van der Waals surface area contributed by atoms with Gasteiger partial charge in [-0.05, 0) is 114 Å². The van der Waals surface area contributed by atoms with E-state index in [2.05, 4.69) is 10.3 Å². The number of imidazole rings is 1. The number of rotatable bonds is 11. The highest BCUT2D eigenvalue weighted by Gasteiger charge is 2.56. The monoisotopic (exact) mass is 886 g/mol. The third kappa shape index (κ3) is 7.31. The van der Waals surface area contributed by atoms with E-state index in [-0.39, 0.29) is 70.7 Å². The number of amides is 3. The van der Waals surface area contributed by atoms with Crippen molar-refractivity contribution in [1.29, 1.82) is 0 Å². The third-order valence-electron chi connectivity index (χ3n) is 15.3. The fourth-order valence-electron chi connectivity index (χ4n) is 11.5. The second-order valence-electron chi connectivity index (χ2n) is 20.0. The number of esters is 1. The van der Waals surface area contributed by atoms with Crippen LogP contribution in [0.15, 0.2) is 65.8 Å². The number of nitrogens with one attached hydrogen (secondary N) is 2. The summed E-state index contributed by atoms with van der Waals surface area (Å²) in [5, 5.41) is 2.71. The van der Waals surface area contributed by atoms with E-state index in [0.717, 1.165) is 61.1 Å². The van der Waals surface area contributed by atoms with Crippen LogP contribution >= 0.6 is 0 Å². The lowest BCUT2D eigenvalue weighted by atomic mass is 9.87. The molecule has 0 radical (unpaired) electrons. The van der Waals surface area contributed by atoms with Crippen LogP contribution in [0.1, 0.15) is 101 Å². The second kappa shape index (κ2) is 15.9. The molecule has 2 saturated carbocycles. The number of piperidine rings is 1. The van der Waals surface area contributed by atoms with Crippen molar-refractivity contribution in [3.8, 4) is 33.5 Å². The second-order valence-corrected chi connectivity index (χ2v) is 20.0. The highest BCUT2D eigenvalue weighted by Crippen LogP contribution is 2.59. The van der Waals surface area contributed by atoms with E-state index in [0.29, 0.717) is 52.7 Å². The van der Waals surface area contributed by atoms with Crippen LogP contribution in [0, 0.1) is 29.1 Å². The summed E-state index contributed by atoms with van der Waals surface area (Å²) in [4.78, 5) is 69.6. The molecule has 6 aliphatic rings. The van der Waals surface area contributed by atoms with Crippen LogP contribution in [0.25, 0.3) is 33.5 Å². The van der Waals surface area contributed by atoms with Crippen molar-refractivity contribution in [3.63, 3.8) is 0 Å². The molecule has 3 aliphatic carbocycles. The number of methoxy groups -OCH3 is 2. The summed E-state index contributed by atoms with van der Waals surface area (Å²) >= 11 is 0. The van der Waals surface area contributed by atoms with Gasteiger partial charge in [-0.3, -0.25) is 19.4 Å². The number of alkyl carbamates (subject to hydrolysis) is 1. The van der Waals surface area contributed by atoms with E-state index in [1.807, 2.05) is 67.8 Å². The van der Waals surface area contributed by atoms with Gasteiger partial charge in [0.25, 0.3) is 5.92 Å². The first kappa shape index (κ1) is 43.0. The number of ether oxygens (including phenoxy) is 2. The minimum absolute atomic E-state index is 0.00817. The predicted octanol–water partition coefficient (Wildman–Crippen LogP) is 9.14. The van der Waals surface area contributed by atoms with Gasteiger partial charge in [-0.25, -0.2) is 9.78 Å². The Morgan fingerprint density at radius 2 is 1.57 bits per heavy atom. The number of benzene rings is 3. The summed E-state index contributed by atoms with van der Waals surface area (Å²) in [6.45, 7) is 8.25. The van der Waals surface area contributed by atoms with Crippen LogP contribution < -0.4 is 5.32 Å². The molecule has 6 atom stereocenters. The Hall–Kier alpha value is -5.92. The number of hydrogen-bond donors (Lipinski definition) is 2. The van der Waals surface area contributed by atoms with Crippen molar-refractivity contribution < 1.29 is 37.4 Å². The van der Waals surface area contributed by atoms with Crippen molar-refractivity contribution in [2.24, 2.45) is 34.1 Å². The molecule has 4 aromatic rings. The summed E-state index contributed by atoms with van der Waals surface area (Å²) in [5.74, 6) is -3.65. The molecule has 14 heteroatoms. The highest BCUT2D eigenvalue weighted by molar-refractivity contribution is 6.01. The van der Waals surface area contributed by atoms with Gasteiger partial charge in [0.15, 0.2) is 0 Å². The number of carbonyl (C=O) groups is 4. The molecular weight excluding hydrogens is 831 g/mol. The average Bonchev–Trinajstić information content (AvgIpc) is 3.95. The zero-order chi connectivity index (χ0) is 45.7. The first-order chi connectivity index (χ1) is 31.1. The first-order valence-corrected chi connectivity index (χ1v) is 23.1. The molecule has 1 aromatic heterocycles. The standard InChI is InChI=1S/C51H56F2N6O6/c1-26(2)36(22-43(60)64-5)47(61)59-33-11-7-31(18-33)45(59)40-21-32-17-28(10-14-39(32)55-40)29-8-12-34-35-13-9-30(20-38(35)51(52,53)37(34)19-29)41-24-54-46(56-41)42-23-50(15-16-50)25-58(42)48(62)44(27(3)4)57-49(63)65-6/h8-10,12-14,17,19-20,24,26-27,31,33,36,42,44-45H,7,11,15-16,18,21-23,25H2,1-6H3,(H,54,56)(H,57,63)/t31?,33?,36?,42?,44-,45?/m0/s1. The van der Waals surface area contributed by atoms with Crippen LogP contribution in [0.4, 0.5) is 19.3 Å². The van der Waals surface area contributed by atoms with Crippen molar-refractivity contribution in [2.75, 3.05) is 20.8 Å². The molecule has 3 aliphatic heterocycles. The number of alkyl halides is 2. The van der Waals surface area contributed by atoms with Crippen LogP contribution in [-0.2, 0) is 36.2 Å². The molecule has 4 heterocycles. The van der Waals surface area contributed by atoms with Gasteiger partial charge in [0.05, 0.1) is 56.2 Å². The van der Waals surface area contributed by atoms with Crippen molar-refractivity contribution in [1.82, 2.24) is 25.1 Å². The summed E-state index contributed by atoms with van der Waals surface area (Å²) in [6, 6.07) is 15.2. The van der Waals surface area contributed by atoms with Gasteiger partial charge in [0, 0.05) is 41.4 Å². The van der Waals surface area contributed by atoms with Gasteiger partial charge in [0.1, 0.15) is 11.9 Å². The number of carbonyl (C=O) groups excluding carboxylic acids is 4. The topological polar surface area (TPSA) is 146 Å². The van der Waals surface area contributed by atoms with E-state index in [1.165, 1.54) is 20.3 Å². The van der Waals surface area contributed by atoms with Crippen molar-refractivity contribution in [2.45, 2.75) is 109 Å². The van der Waals surface area contributed by atoms with E-state index < -0.39 is 24.0 Å². The lowest BCUT2D eigenvalue weighted by Crippen LogP contribution is -2.52. The minimum atomic E-state index is -3.27. The molecule has 2 saturated heterocycles. The number of aromatic amines is 1. The lowest BCUT2D eigenvalue weighted by molar-refractivity contribution is -0.149. The largest absolute Gasteiger partial charge is 0.469 e. The normalized spacial score (nSPS) is 23.6. The van der Waals surface area contributed by atoms with E-state index in [9.17, 15) is 19.2 Å².